The number of benzene rings is 2. The quantitative estimate of drug-likeness (QED) is 0.721. The van der Waals surface area contributed by atoms with Crippen molar-refractivity contribution in [2.45, 2.75) is 13.3 Å². The minimum absolute atomic E-state index is 0.0347. The van der Waals surface area contributed by atoms with Gasteiger partial charge in [0.2, 0.25) is 0 Å². The first-order valence-corrected chi connectivity index (χ1v) is 7.96. The molecule has 0 unspecified atom stereocenters. The number of carboxylic acid groups (broad SMARTS) is 1. The third-order valence-corrected chi connectivity index (χ3v) is 4.73. The van der Waals surface area contributed by atoms with Crippen molar-refractivity contribution < 1.29 is 15.0 Å². The van der Waals surface area contributed by atoms with Crippen LogP contribution >= 0.6 is 15.9 Å². The summed E-state index contributed by atoms with van der Waals surface area (Å²) in [6, 6.07) is 11.3. The van der Waals surface area contributed by atoms with Crippen LogP contribution < -0.4 is 0 Å². The molecule has 0 saturated carbocycles. The number of hydrogen-bond donors (Lipinski definition) is 2. The largest absolute Gasteiger partial charge is 0.507 e. The number of aromatic hydroxyl groups is 1. The first kappa shape index (κ1) is 15.6. The van der Waals surface area contributed by atoms with Gasteiger partial charge in [-0.05, 0) is 40.5 Å². The Balaban J connectivity index is 2.22. The van der Waals surface area contributed by atoms with Gasteiger partial charge in [-0.25, -0.2) is 4.79 Å². The summed E-state index contributed by atoms with van der Waals surface area (Å²) >= 11 is 3.29. The molecular formula is C18H16BrNO3. The predicted molar refractivity (Wildman–Crippen MR) is 93.2 cm³/mol. The number of nitrogens with zero attached hydrogens (tertiary/aromatic N) is 1. The van der Waals surface area contributed by atoms with Crippen LogP contribution in [0.15, 0.2) is 40.9 Å². The van der Waals surface area contributed by atoms with Crippen molar-refractivity contribution in [2.75, 3.05) is 0 Å². The van der Waals surface area contributed by atoms with Gasteiger partial charge in [0.25, 0.3) is 0 Å². The lowest BCUT2D eigenvalue weighted by Gasteiger charge is -2.07. The minimum atomic E-state index is -0.987. The fraction of sp³-hybridized carbons (Fsp3) is 0.167. The monoisotopic (exact) mass is 373 g/mol. The smallest absolute Gasteiger partial charge is 0.338 e. The van der Waals surface area contributed by atoms with E-state index in [0.717, 1.165) is 16.6 Å². The van der Waals surface area contributed by atoms with Crippen LogP contribution in [-0.4, -0.2) is 20.7 Å². The zero-order valence-electron chi connectivity index (χ0n) is 12.8. The Kier molecular flexibility index (Phi) is 3.90. The van der Waals surface area contributed by atoms with Crippen molar-refractivity contribution in [1.82, 2.24) is 4.57 Å². The number of rotatable bonds is 3. The molecule has 0 bridgehead atoms. The van der Waals surface area contributed by atoms with Crippen molar-refractivity contribution in [3.8, 4) is 5.75 Å². The SMILES string of the molecule is Cc1ccc(Cc2c(C(=O)O)c3cc(O)c(Br)cc3n2C)cc1. The molecule has 0 amide bonds. The Morgan fingerprint density at radius 2 is 1.87 bits per heavy atom. The number of carboxylic acids is 1. The summed E-state index contributed by atoms with van der Waals surface area (Å²) in [5.41, 5.74) is 3.94. The van der Waals surface area contributed by atoms with Crippen LogP contribution in [0, 0.1) is 6.92 Å². The van der Waals surface area contributed by atoms with Gasteiger partial charge in [0.1, 0.15) is 5.75 Å². The van der Waals surface area contributed by atoms with Crippen LogP contribution in [-0.2, 0) is 13.5 Å². The number of phenols is 1. The van der Waals surface area contributed by atoms with Gasteiger partial charge < -0.3 is 14.8 Å². The van der Waals surface area contributed by atoms with Crippen LogP contribution in [0.1, 0.15) is 27.2 Å². The van der Waals surface area contributed by atoms with E-state index in [2.05, 4.69) is 15.9 Å². The molecule has 2 N–H and O–H groups in total. The first-order valence-electron chi connectivity index (χ1n) is 7.17. The fourth-order valence-corrected chi connectivity index (χ4v) is 3.17. The molecule has 0 atom stereocenters. The molecule has 23 heavy (non-hydrogen) atoms. The zero-order valence-corrected chi connectivity index (χ0v) is 14.4. The van der Waals surface area contributed by atoms with Crippen LogP contribution in [0.4, 0.5) is 0 Å². The maximum absolute atomic E-state index is 11.8. The highest BCUT2D eigenvalue weighted by atomic mass is 79.9. The predicted octanol–water partition coefficient (Wildman–Crippen LogP) is 4.24. The highest BCUT2D eigenvalue weighted by molar-refractivity contribution is 9.10. The van der Waals surface area contributed by atoms with E-state index < -0.39 is 5.97 Å². The molecule has 0 radical (unpaired) electrons. The van der Waals surface area contributed by atoms with Crippen molar-refractivity contribution in [1.29, 1.82) is 0 Å². The minimum Gasteiger partial charge on any atom is -0.507 e. The third kappa shape index (κ3) is 2.72. The molecule has 0 fully saturated rings. The lowest BCUT2D eigenvalue weighted by atomic mass is 10.0. The molecule has 0 aliphatic carbocycles. The van der Waals surface area contributed by atoms with Gasteiger partial charge in [-0.3, -0.25) is 0 Å². The number of phenolic OH excluding ortho intramolecular Hbond substituents is 1. The van der Waals surface area contributed by atoms with Crippen molar-refractivity contribution in [3.63, 3.8) is 0 Å². The summed E-state index contributed by atoms with van der Waals surface area (Å²) in [5.74, 6) is -0.952. The lowest BCUT2D eigenvalue weighted by molar-refractivity contribution is 0.0697. The molecule has 3 rings (SSSR count). The highest BCUT2D eigenvalue weighted by Crippen LogP contribution is 2.34. The van der Waals surface area contributed by atoms with Gasteiger partial charge in [-0.15, -0.1) is 0 Å². The normalized spacial score (nSPS) is 11.1. The number of carbonyl (C=O) groups is 1. The molecule has 2 aromatic carbocycles. The topological polar surface area (TPSA) is 62.5 Å². The van der Waals surface area contributed by atoms with Crippen LogP contribution in [0.25, 0.3) is 10.9 Å². The Hall–Kier alpha value is -2.27. The second kappa shape index (κ2) is 5.74. The average Bonchev–Trinajstić information content (AvgIpc) is 2.75. The first-order chi connectivity index (χ1) is 10.9. The van der Waals surface area contributed by atoms with Gasteiger partial charge in [0.15, 0.2) is 0 Å². The summed E-state index contributed by atoms with van der Waals surface area (Å²) in [6.45, 7) is 2.02. The van der Waals surface area contributed by atoms with Crippen molar-refractivity contribution in [2.24, 2.45) is 7.05 Å². The van der Waals surface area contributed by atoms with E-state index in [1.54, 1.807) is 6.07 Å². The van der Waals surface area contributed by atoms with Crippen molar-refractivity contribution >= 4 is 32.8 Å². The Morgan fingerprint density at radius 3 is 2.48 bits per heavy atom. The Bertz CT molecular complexity index is 910. The van der Waals surface area contributed by atoms with E-state index in [0.29, 0.717) is 22.0 Å². The van der Waals surface area contributed by atoms with Gasteiger partial charge >= 0.3 is 5.97 Å². The summed E-state index contributed by atoms with van der Waals surface area (Å²) < 4.78 is 2.42. The second-order valence-electron chi connectivity index (χ2n) is 5.67. The molecule has 0 aliphatic heterocycles. The summed E-state index contributed by atoms with van der Waals surface area (Å²) in [6.07, 6.45) is 0.519. The molecular weight excluding hydrogens is 358 g/mol. The molecule has 5 heteroatoms. The second-order valence-corrected chi connectivity index (χ2v) is 6.52. The van der Waals surface area contributed by atoms with Crippen molar-refractivity contribution in [3.05, 3.63) is 63.3 Å². The maximum atomic E-state index is 11.8. The summed E-state index contributed by atoms with van der Waals surface area (Å²) in [4.78, 5) is 11.8. The number of aryl methyl sites for hydroxylation is 2. The maximum Gasteiger partial charge on any atom is 0.338 e. The van der Waals surface area contributed by atoms with E-state index in [4.69, 9.17) is 0 Å². The average molecular weight is 374 g/mol. The van der Waals surface area contributed by atoms with Crippen LogP contribution in [0.3, 0.4) is 0 Å². The Morgan fingerprint density at radius 1 is 1.22 bits per heavy atom. The summed E-state index contributed by atoms with van der Waals surface area (Å²) in [5, 5.41) is 20.1. The van der Waals surface area contributed by atoms with Gasteiger partial charge in [0, 0.05) is 24.5 Å². The Labute approximate surface area is 142 Å². The standard InChI is InChI=1S/C18H16BrNO3/c1-10-3-5-11(6-4-10)7-15-17(18(22)23)12-8-16(21)13(19)9-14(12)20(15)2/h3-6,8-9,21H,7H2,1-2H3,(H,22,23). The lowest BCUT2D eigenvalue weighted by Crippen LogP contribution is -2.05. The van der Waals surface area contributed by atoms with E-state index in [9.17, 15) is 15.0 Å². The molecule has 0 saturated heterocycles. The van der Waals surface area contributed by atoms with E-state index >= 15 is 0 Å². The number of fused-ring (bicyclic) bond motifs is 1. The van der Waals surface area contributed by atoms with Gasteiger partial charge in [-0.2, -0.15) is 0 Å². The number of hydrogen-bond acceptors (Lipinski definition) is 2. The molecule has 4 nitrogen and oxygen atoms in total. The molecule has 118 valence electrons. The zero-order chi connectivity index (χ0) is 16.7. The van der Waals surface area contributed by atoms with Gasteiger partial charge in [-0.1, -0.05) is 29.8 Å². The molecule has 0 aliphatic rings. The molecule has 1 aromatic heterocycles. The van der Waals surface area contributed by atoms with Gasteiger partial charge in [0.05, 0.1) is 15.6 Å². The van der Waals surface area contributed by atoms with Crippen LogP contribution in [0.5, 0.6) is 5.75 Å². The van der Waals surface area contributed by atoms with E-state index in [1.165, 1.54) is 6.07 Å². The molecule has 1 heterocycles. The fourth-order valence-electron chi connectivity index (χ4n) is 2.84. The highest BCUT2D eigenvalue weighted by Gasteiger charge is 2.22. The number of aromatic carboxylic acids is 1. The third-order valence-electron chi connectivity index (χ3n) is 4.10. The number of aromatic nitrogens is 1. The van der Waals surface area contributed by atoms with E-state index in [-0.39, 0.29) is 11.3 Å². The van der Waals surface area contributed by atoms with E-state index in [1.807, 2.05) is 42.8 Å². The van der Waals surface area contributed by atoms with Crippen LogP contribution in [0.2, 0.25) is 0 Å². The molecule has 0 spiro atoms. The summed E-state index contributed by atoms with van der Waals surface area (Å²) in [7, 11) is 1.85. The number of halogens is 1. The molecule has 3 aromatic rings.